The topological polar surface area (TPSA) is 94.3 Å². The molecule has 8 nitrogen and oxygen atoms in total. The molecule has 0 saturated carbocycles. The number of halogens is 3. The molecule has 1 fully saturated rings. The highest BCUT2D eigenvalue weighted by atomic mass is 19.4. The van der Waals surface area contributed by atoms with Gasteiger partial charge in [-0.25, -0.2) is 9.97 Å². The van der Waals surface area contributed by atoms with Crippen LogP contribution in [0.3, 0.4) is 0 Å². The van der Waals surface area contributed by atoms with Gasteiger partial charge in [-0.05, 0) is 49.9 Å². The minimum absolute atomic E-state index is 0.0244. The number of fused-ring (bicyclic) bond motifs is 1. The minimum Gasteiger partial charge on any atom is -0.406 e. The van der Waals surface area contributed by atoms with Crippen LogP contribution in [0.2, 0.25) is 0 Å². The number of hydrogen-bond donors (Lipinski definition) is 2. The molecule has 3 heterocycles. The predicted octanol–water partition coefficient (Wildman–Crippen LogP) is 3.89. The van der Waals surface area contributed by atoms with Crippen LogP contribution in [-0.4, -0.2) is 50.7 Å². The third kappa shape index (κ3) is 5.05. The molecule has 0 aliphatic carbocycles. The highest BCUT2D eigenvalue weighted by Crippen LogP contribution is 2.32. The lowest BCUT2D eigenvalue weighted by Crippen LogP contribution is -2.18. The summed E-state index contributed by atoms with van der Waals surface area (Å²) in [4.78, 5) is 13.6. The number of ether oxygens (including phenoxy) is 2. The molecule has 1 unspecified atom stereocenters. The lowest BCUT2D eigenvalue weighted by molar-refractivity contribution is -0.274. The molecule has 0 spiro atoms. The number of aromatic nitrogens is 4. The monoisotopic (exact) mass is 437 g/mol. The first-order valence-corrected chi connectivity index (χ1v) is 10.0. The van der Waals surface area contributed by atoms with E-state index in [9.17, 15) is 13.2 Å². The number of alkyl halides is 3. The predicted molar refractivity (Wildman–Crippen MR) is 106 cm³/mol. The Morgan fingerprint density at radius 1 is 1.19 bits per heavy atom. The summed E-state index contributed by atoms with van der Waals surface area (Å²) in [6.07, 6.45) is 0.0967. The van der Waals surface area contributed by atoms with Crippen molar-refractivity contribution in [2.75, 3.05) is 25.1 Å². The molecule has 166 valence electrons. The summed E-state index contributed by atoms with van der Waals surface area (Å²) in [6, 6.07) is 5.46. The molecule has 1 saturated heterocycles. The van der Waals surface area contributed by atoms with Gasteiger partial charge in [0.25, 0.3) is 0 Å². The van der Waals surface area contributed by atoms with E-state index >= 15 is 0 Å². The Hall–Kier alpha value is -2.92. The lowest BCUT2D eigenvalue weighted by atomic mass is 10.1. The standard InChI is InChI=1S/C20H22F3N5O3/c21-20(22,23)31-14-7-5-13(6-8-14)16-17-18(27-19(26-16)24-9-3-10-29)28(12-25-17)15-4-1-2-11-30-15/h5-8,12,15,29H,1-4,9-11H2,(H,24,26,27). The number of aliphatic hydroxyl groups is 1. The van der Waals surface area contributed by atoms with Crippen LogP contribution in [0.5, 0.6) is 5.75 Å². The first-order chi connectivity index (χ1) is 14.9. The summed E-state index contributed by atoms with van der Waals surface area (Å²) in [7, 11) is 0. The maximum absolute atomic E-state index is 12.5. The molecule has 4 rings (SSSR count). The van der Waals surface area contributed by atoms with Crippen LogP contribution in [0.4, 0.5) is 19.1 Å². The van der Waals surface area contributed by atoms with Crippen molar-refractivity contribution >= 4 is 17.1 Å². The minimum atomic E-state index is -4.76. The van der Waals surface area contributed by atoms with Crippen LogP contribution in [0, 0.1) is 0 Å². The largest absolute Gasteiger partial charge is 0.573 e. The van der Waals surface area contributed by atoms with Crippen LogP contribution >= 0.6 is 0 Å². The molecule has 1 aliphatic heterocycles. The number of nitrogens with zero attached hydrogens (tertiary/aromatic N) is 4. The molecule has 2 aromatic heterocycles. The van der Waals surface area contributed by atoms with E-state index in [1.807, 2.05) is 4.57 Å². The Balaban J connectivity index is 1.73. The maximum Gasteiger partial charge on any atom is 0.573 e. The molecular weight excluding hydrogens is 415 g/mol. The quantitative estimate of drug-likeness (QED) is 0.542. The molecule has 2 N–H and O–H groups in total. The molecular formula is C20H22F3N5O3. The Labute approximate surface area is 176 Å². The van der Waals surface area contributed by atoms with E-state index in [2.05, 4.69) is 25.0 Å². The van der Waals surface area contributed by atoms with Gasteiger partial charge < -0.3 is 19.9 Å². The maximum atomic E-state index is 12.5. The Morgan fingerprint density at radius 2 is 2.00 bits per heavy atom. The molecule has 0 bridgehead atoms. The number of rotatable bonds is 7. The summed E-state index contributed by atoms with van der Waals surface area (Å²) in [6.45, 7) is 1.15. The molecule has 31 heavy (non-hydrogen) atoms. The van der Waals surface area contributed by atoms with Crippen LogP contribution in [0.15, 0.2) is 30.6 Å². The van der Waals surface area contributed by atoms with Crippen LogP contribution in [-0.2, 0) is 4.74 Å². The number of aliphatic hydroxyl groups excluding tert-OH is 1. The third-order valence-corrected chi connectivity index (χ3v) is 4.87. The highest BCUT2D eigenvalue weighted by Gasteiger charge is 2.31. The molecule has 1 aliphatic rings. The number of hydrogen-bond acceptors (Lipinski definition) is 7. The van der Waals surface area contributed by atoms with Crippen molar-refractivity contribution in [1.82, 2.24) is 19.5 Å². The number of imidazole rings is 1. The van der Waals surface area contributed by atoms with E-state index in [1.165, 1.54) is 24.3 Å². The van der Waals surface area contributed by atoms with Gasteiger partial charge in [0.2, 0.25) is 5.95 Å². The van der Waals surface area contributed by atoms with E-state index in [-0.39, 0.29) is 18.6 Å². The summed E-state index contributed by atoms with van der Waals surface area (Å²) in [5.74, 6) is 0.0214. The van der Waals surface area contributed by atoms with Crippen molar-refractivity contribution in [3.8, 4) is 17.0 Å². The van der Waals surface area contributed by atoms with E-state index < -0.39 is 6.36 Å². The zero-order valence-corrected chi connectivity index (χ0v) is 16.6. The second-order valence-corrected chi connectivity index (χ2v) is 7.12. The van der Waals surface area contributed by atoms with Crippen LogP contribution in [0.25, 0.3) is 22.4 Å². The first kappa shape index (κ1) is 21.3. The Morgan fingerprint density at radius 3 is 2.68 bits per heavy atom. The van der Waals surface area contributed by atoms with Crippen molar-refractivity contribution < 1.29 is 27.8 Å². The SMILES string of the molecule is OCCCNc1nc(-c2ccc(OC(F)(F)F)cc2)c2ncn(C3CCCCO3)c2n1. The van der Waals surface area contributed by atoms with Gasteiger partial charge in [0, 0.05) is 25.3 Å². The van der Waals surface area contributed by atoms with Gasteiger partial charge in [-0.1, -0.05) is 0 Å². The number of benzene rings is 1. The van der Waals surface area contributed by atoms with Crippen molar-refractivity contribution in [3.63, 3.8) is 0 Å². The van der Waals surface area contributed by atoms with Crippen molar-refractivity contribution in [3.05, 3.63) is 30.6 Å². The number of nitrogens with one attached hydrogen (secondary N) is 1. The smallest absolute Gasteiger partial charge is 0.406 e. The van der Waals surface area contributed by atoms with Crippen molar-refractivity contribution in [1.29, 1.82) is 0 Å². The molecule has 11 heteroatoms. The van der Waals surface area contributed by atoms with Gasteiger partial charge in [0.05, 0.1) is 6.33 Å². The van der Waals surface area contributed by atoms with E-state index in [1.54, 1.807) is 6.33 Å². The van der Waals surface area contributed by atoms with Crippen molar-refractivity contribution in [2.24, 2.45) is 0 Å². The van der Waals surface area contributed by atoms with Gasteiger partial charge in [0.1, 0.15) is 23.2 Å². The summed E-state index contributed by atoms with van der Waals surface area (Å²) < 4.78 is 49.0. The van der Waals surface area contributed by atoms with Crippen LogP contribution in [0.1, 0.15) is 31.9 Å². The summed E-state index contributed by atoms with van der Waals surface area (Å²) >= 11 is 0. The van der Waals surface area contributed by atoms with E-state index in [0.717, 1.165) is 19.3 Å². The lowest BCUT2D eigenvalue weighted by Gasteiger charge is -2.23. The fraction of sp³-hybridized carbons (Fsp3) is 0.450. The molecule has 1 aromatic carbocycles. The van der Waals surface area contributed by atoms with Gasteiger partial charge >= 0.3 is 6.36 Å². The zero-order chi connectivity index (χ0) is 21.8. The van der Waals surface area contributed by atoms with Gasteiger partial charge in [-0.15, -0.1) is 13.2 Å². The van der Waals surface area contributed by atoms with Gasteiger partial charge in [-0.3, -0.25) is 4.57 Å². The molecule has 1 atom stereocenters. The third-order valence-electron chi connectivity index (χ3n) is 4.87. The second-order valence-electron chi connectivity index (χ2n) is 7.12. The van der Waals surface area contributed by atoms with Gasteiger partial charge in [0.15, 0.2) is 5.65 Å². The van der Waals surface area contributed by atoms with E-state index in [4.69, 9.17) is 9.84 Å². The molecule has 3 aromatic rings. The van der Waals surface area contributed by atoms with Gasteiger partial charge in [-0.2, -0.15) is 4.98 Å². The highest BCUT2D eigenvalue weighted by molar-refractivity contribution is 5.88. The first-order valence-electron chi connectivity index (χ1n) is 10.0. The van der Waals surface area contributed by atoms with Crippen molar-refractivity contribution in [2.45, 2.75) is 38.3 Å². The number of anilines is 1. The second kappa shape index (κ2) is 9.06. The fourth-order valence-corrected chi connectivity index (χ4v) is 3.44. The molecule has 0 amide bonds. The average Bonchev–Trinajstić information content (AvgIpc) is 3.17. The summed E-state index contributed by atoms with van der Waals surface area (Å²) in [5.41, 5.74) is 2.14. The average molecular weight is 437 g/mol. The summed E-state index contributed by atoms with van der Waals surface area (Å²) in [5, 5.41) is 12.1. The normalized spacial score (nSPS) is 17.1. The van der Waals surface area contributed by atoms with E-state index in [0.29, 0.717) is 47.9 Å². The molecule has 0 radical (unpaired) electrons. The Bertz CT molecular complexity index is 1020. The Kier molecular flexibility index (Phi) is 6.23. The van der Waals surface area contributed by atoms with Crippen LogP contribution < -0.4 is 10.1 Å². The fourth-order valence-electron chi connectivity index (χ4n) is 3.44. The zero-order valence-electron chi connectivity index (χ0n) is 16.6.